The Kier molecular flexibility index (Phi) is 5.27. The summed E-state index contributed by atoms with van der Waals surface area (Å²) in [6.07, 6.45) is 0. The number of anilines is 1. The molecule has 7 nitrogen and oxygen atoms in total. The summed E-state index contributed by atoms with van der Waals surface area (Å²) in [5, 5.41) is 22.0. The number of ether oxygens (including phenoxy) is 1. The van der Waals surface area contributed by atoms with Crippen LogP contribution in [0.5, 0.6) is 5.75 Å². The van der Waals surface area contributed by atoms with Crippen molar-refractivity contribution in [1.29, 1.82) is 0 Å². The molecule has 1 heterocycles. The van der Waals surface area contributed by atoms with Crippen LogP contribution in [0, 0.1) is 6.92 Å². The summed E-state index contributed by atoms with van der Waals surface area (Å²) in [6.45, 7) is 1.77. The van der Waals surface area contributed by atoms with Crippen LogP contribution in [0.2, 0.25) is 0 Å². The first-order valence-corrected chi connectivity index (χ1v) is 7.66. The van der Waals surface area contributed by atoms with Crippen molar-refractivity contribution >= 4 is 33.5 Å². The highest BCUT2D eigenvalue weighted by Gasteiger charge is 2.34. The van der Waals surface area contributed by atoms with Gasteiger partial charge < -0.3 is 25.2 Å². The average molecular weight is 385 g/mol. The van der Waals surface area contributed by atoms with Gasteiger partial charge in [0.25, 0.3) is 5.91 Å². The Morgan fingerprint density at radius 1 is 1.48 bits per heavy atom. The third-order valence-electron chi connectivity index (χ3n) is 3.42. The summed E-state index contributed by atoms with van der Waals surface area (Å²) in [6, 6.07) is 3.38. The molecule has 0 saturated carbocycles. The Morgan fingerprint density at radius 3 is 2.78 bits per heavy atom. The smallest absolute Gasteiger partial charge is 0.337 e. The van der Waals surface area contributed by atoms with Crippen molar-refractivity contribution in [3.8, 4) is 5.75 Å². The zero-order chi connectivity index (χ0) is 17.1. The second-order valence-corrected chi connectivity index (χ2v) is 5.92. The third kappa shape index (κ3) is 3.48. The Balaban J connectivity index is 2.41. The maximum Gasteiger partial charge on any atom is 0.337 e. The van der Waals surface area contributed by atoms with E-state index in [9.17, 15) is 14.7 Å². The molecular weight excluding hydrogens is 368 g/mol. The Morgan fingerprint density at radius 2 is 2.17 bits per heavy atom. The lowest BCUT2D eigenvalue weighted by Crippen LogP contribution is -2.31. The summed E-state index contributed by atoms with van der Waals surface area (Å²) in [5.41, 5.74) is 1.35. The highest BCUT2D eigenvalue weighted by molar-refractivity contribution is 9.10. The summed E-state index contributed by atoms with van der Waals surface area (Å²) < 4.78 is 5.17. The summed E-state index contributed by atoms with van der Waals surface area (Å²) in [4.78, 5) is 25.6. The van der Waals surface area contributed by atoms with Gasteiger partial charge in [0.1, 0.15) is 5.70 Å². The minimum Gasteiger partial charge on any atom is -0.505 e. The number of aliphatic hydroxyl groups excluding tert-OH is 1. The SMILES string of the molecule is COC(=O)C1=C(Nc2cc(C)cc(Br)c2O)C(=O)N(CCO)C1. The van der Waals surface area contributed by atoms with Crippen molar-refractivity contribution < 1.29 is 24.5 Å². The van der Waals surface area contributed by atoms with Gasteiger partial charge in [-0.05, 0) is 40.5 Å². The number of aliphatic hydroxyl groups is 1. The number of nitrogens with one attached hydrogen (secondary N) is 1. The summed E-state index contributed by atoms with van der Waals surface area (Å²) >= 11 is 3.23. The van der Waals surface area contributed by atoms with E-state index in [0.717, 1.165) is 5.56 Å². The van der Waals surface area contributed by atoms with Crippen LogP contribution in [0.3, 0.4) is 0 Å². The number of β-amino-alcohol motifs (C(OH)–C–C–N with tert-alkyl or cyclic N) is 1. The first-order chi connectivity index (χ1) is 10.9. The van der Waals surface area contributed by atoms with E-state index < -0.39 is 11.9 Å². The number of carbonyl (C=O) groups is 2. The van der Waals surface area contributed by atoms with Crippen LogP contribution in [0.15, 0.2) is 27.9 Å². The molecule has 2 rings (SSSR count). The number of aromatic hydroxyl groups is 1. The Bertz CT molecular complexity index is 687. The molecule has 0 aliphatic carbocycles. The molecular formula is C15H17BrN2O5. The molecule has 8 heteroatoms. The number of hydrogen-bond donors (Lipinski definition) is 3. The van der Waals surface area contributed by atoms with Gasteiger partial charge in [0.15, 0.2) is 5.75 Å². The topological polar surface area (TPSA) is 99.1 Å². The van der Waals surface area contributed by atoms with Crippen molar-refractivity contribution in [2.24, 2.45) is 0 Å². The van der Waals surface area contributed by atoms with E-state index in [1.807, 2.05) is 6.92 Å². The van der Waals surface area contributed by atoms with Crippen molar-refractivity contribution in [3.63, 3.8) is 0 Å². The number of methoxy groups -OCH3 is 1. The van der Waals surface area contributed by atoms with Crippen LogP contribution in [-0.4, -0.2) is 53.8 Å². The van der Waals surface area contributed by atoms with E-state index in [2.05, 4.69) is 21.2 Å². The van der Waals surface area contributed by atoms with Crippen molar-refractivity contribution in [2.75, 3.05) is 32.1 Å². The highest BCUT2D eigenvalue weighted by atomic mass is 79.9. The third-order valence-corrected chi connectivity index (χ3v) is 4.03. The molecule has 1 amide bonds. The fourth-order valence-electron chi connectivity index (χ4n) is 2.31. The Labute approximate surface area is 141 Å². The van der Waals surface area contributed by atoms with E-state index in [1.165, 1.54) is 12.0 Å². The number of nitrogens with zero attached hydrogens (tertiary/aromatic N) is 1. The molecule has 0 unspecified atom stereocenters. The first-order valence-electron chi connectivity index (χ1n) is 6.86. The van der Waals surface area contributed by atoms with Crippen LogP contribution < -0.4 is 5.32 Å². The number of halogens is 1. The van der Waals surface area contributed by atoms with Gasteiger partial charge in [0.2, 0.25) is 0 Å². The number of phenolic OH excluding ortho intramolecular Hbond substituents is 1. The van der Waals surface area contributed by atoms with Gasteiger partial charge in [-0.25, -0.2) is 4.79 Å². The second-order valence-electron chi connectivity index (χ2n) is 5.06. The number of amides is 1. The molecule has 124 valence electrons. The molecule has 3 N–H and O–H groups in total. The number of hydrogen-bond acceptors (Lipinski definition) is 6. The van der Waals surface area contributed by atoms with Gasteiger partial charge in [-0.2, -0.15) is 0 Å². The second kappa shape index (κ2) is 7.01. The van der Waals surface area contributed by atoms with E-state index in [-0.39, 0.29) is 36.7 Å². The van der Waals surface area contributed by atoms with E-state index in [4.69, 9.17) is 9.84 Å². The molecule has 1 aromatic carbocycles. The van der Waals surface area contributed by atoms with Crippen molar-refractivity contribution in [3.05, 3.63) is 33.4 Å². The maximum absolute atomic E-state index is 12.4. The molecule has 0 fully saturated rings. The molecule has 1 aliphatic rings. The minimum absolute atomic E-state index is 0.0399. The predicted octanol–water partition coefficient (Wildman–Crippen LogP) is 1.14. The van der Waals surface area contributed by atoms with Gasteiger partial charge in [-0.1, -0.05) is 0 Å². The van der Waals surface area contributed by atoms with Gasteiger partial charge in [0, 0.05) is 6.54 Å². The predicted molar refractivity (Wildman–Crippen MR) is 86.9 cm³/mol. The summed E-state index contributed by atoms with van der Waals surface area (Å²) in [7, 11) is 1.23. The monoisotopic (exact) mass is 384 g/mol. The molecule has 0 aromatic heterocycles. The molecule has 1 aliphatic heterocycles. The quantitative estimate of drug-likeness (QED) is 0.519. The van der Waals surface area contributed by atoms with Crippen LogP contribution in [0.4, 0.5) is 5.69 Å². The number of carbonyl (C=O) groups excluding carboxylic acids is 2. The number of esters is 1. The van der Waals surface area contributed by atoms with E-state index in [0.29, 0.717) is 10.2 Å². The largest absolute Gasteiger partial charge is 0.505 e. The standard InChI is InChI=1S/C15H17BrN2O5/c1-8-5-10(16)13(20)11(6-8)17-12-9(15(22)23-2)7-18(3-4-19)14(12)21/h5-6,17,19-20H,3-4,7H2,1-2H3. The maximum atomic E-state index is 12.4. The van der Waals surface area contributed by atoms with Gasteiger partial charge in [0.05, 0.1) is 36.0 Å². The van der Waals surface area contributed by atoms with Crippen LogP contribution >= 0.6 is 15.9 Å². The highest BCUT2D eigenvalue weighted by Crippen LogP contribution is 2.35. The zero-order valence-corrected chi connectivity index (χ0v) is 14.3. The minimum atomic E-state index is -0.632. The normalized spacial score (nSPS) is 14.4. The van der Waals surface area contributed by atoms with Gasteiger partial charge >= 0.3 is 5.97 Å². The number of benzene rings is 1. The lowest BCUT2D eigenvalue weighted by atomic mass is 10.2. The van der Waals surface area contributed by atoms with Crippen molar-refractivity contribution in [2.45, 2.75) is 6.92 Å². The van der Waals surface area contributed by atoms with Crippen LogP contribution in [0.25, 0.3) is 0 Å². The number of aryl methyl sites for hydroxylation is 1. The Hall–Kier alpha value is -2.06. The lowest BCUT2D eigenvalue weighted by Gasteiger charge is -2.15. The fourth-order valence-corrected chi connectivity index (χ4v) is 2.89. The number of rotatable bonds is 5. The average Bonchev–Trinajstić information content (AvgIpc) is 2.81. The summed E-state index contributed by atoms with van der Waals surface area (Å²) in [5.74, 6) is -1.13. The number of phenols is 1. The van der Waals surface area contributed by atoms with Crippen molar-refractivity contribution in [1.82, 2.24) is 4.90 Å². The van der Waals surface area contributed by atoms with E-state index >= 15 is 0 Å². The van der Waals surface area contributed by atoms with Gasteiger partial charge in [-0.3, -0.25) is 4.79 Å². The molecule has 0 bridgehead atoms. The molecule has 0 spiro atoms. The zero-order valence-electron chi connectivity index (χ0n) is 12.7. The lowest BCUT2D eigenvalue weighted by molar-refractivity contribution is -0.136. The molecule has 0 radical (unpaired) electrons. The molecule has 0 saturated heterocycles. The molecule has 0 atom stereocenters. The molecule has 23 heavy (non-hydrogen) atoms. The first kappa shape index (κ1) is 17.3. The molecule has 1 aromatic rings. The van der Waals surface area contributed by atoms with Crippen LogP contribution in [0.1, 0.15) is 5.56 Å². The van der Waals surface area contributed by atoms with Gasteiger partial charge in [-0.15, -0.1) is 0 Å². The fraction of sp³-hybridized carbons (Fsp3) is 0.333. The van der Waals surface area contributed by atoms with E-state index in [1.54, 1.807) is 12.1 Å². The van der Waals surface area contributed by atoms with Crippen LogP contribution in [-0.2, 0) is 14.3 Å².